The quantitative estimate of drug-likeness (QED) is 0.679. The summed E-state index contributed by atoms with van der Waals surface area (Å²) in [4.78, 5) is 11.3. The van der Waals surface area contributed by atoms with Gasteiger partial charge in [-0.2, -0.15) is 0 Å². The molecule has 0 radical (unpaired) electrons. The van der Waals surface area contributed by atoms with E-state index >= 15 is 0 Å². The summed E-state index contributed by atoms with van der Waals surface area (Å²) in [5.41, 5.74) is 1.99. The maximum Gasteiger partial charge on any atom is 0.128 e. The lowest BCUT2D eigenvalue weighted by atomic mass is 10.3. The molecule has 19 heavy (non-hydrogen) atoms. The molecule has 0 bridgehead atoms. The zero-order valence-corrected chi connectivity index (χ0v) is 12.4. The van der Waals surface area contributed by atoms with Gasteiger partial charge in [0.05, 0.1) is 23.6 Å². The van der Waals surface area contributed by atoms with Crippen molar-refractivity contribution in [1.29, 1.82) is 0 Å². The Hall–Kier alpha value is -1.39. The second-order valence-electron chi connectivity index (χ2n) is 4.55. The minimum Gasteiger partial charge on any atom is -0.321 e. The fraction of sp³-hybridized carbons (Fsp3) is 0.286. The Morgan fingerprint density at radius 1 is 1.37 bits per heavy atom. The zero-order chi connectivity index (χ0) is 13.4. The summed E-state index contributed by atoms with van der Waals surface area (Å²) in [6.45, 7) is 4.88. The molecule has 0 spiro atoms. The van der Waals surface area contributed by atoms with Crippen molar-refractivity contribution in [3.63, 3.8) is 0 Å². The third-order valence-corrected chi connectivity index (χ3v) is 4.23. The van der Waals surface area contributed by atoms with Gasteiger partial charge in [-0.05, 0) is 32.0 Å². The van der Waals surface area contributed by atoms with E-state index in [4.69, 9.17) is 11.6 Å². The summed E-state index contributed by atoms with van der Waals surface area (Å²) in [5.74, 6) is 0.899. The van der Waals surface area contributed by atoms with E-state index in [1.807, 2.05) is 24.3 Å². The minimum atomic E-state index is -0.117. The second-order valence-corrected chi connectivity index (χ2v) is 6.58. The van der Waals surface area contributed by atoms with Crippen molar-refractivity contribution in [3.05, 3.63) is 46.2 Å². The number of thiophene rings is 1. The van der Waals surface area contributed by atoms with E-state index in [9.17, 15) is 0 Å². The summed E-state index contributed by atoms with van der Waals surface area (Å²) < 4.78 is 2.18. The fourth-order valence-electron chi connectivity index (χ4n) is 2.20. The van der Waals surface area contributed by atoms with Crippen LogP contribution >= 0.6 is 22.9 Å². The maximum absolute atomic E-state index is 6.25. The topological polar surface area (TPSA) is 30.7 Å². The lowest BCUT2D eigenvalue weighted by Crippen LogP contribution is -2.04. The van der Waals surface area contributed by atoms with Gasteiger partial charge >= 0.3 is 0 Å². The average molecular weight is 292 g/mol. The number of hydrogen-bond donors (Lipinski definition) is 0. The summed E-state index contributed by atoms with van der Waals surface area (Å²) in [6.07, 6.45) is 3.58. The molecule has 5 heteroatoms. The summed E-state index contributed by atoms with van der Waals surface area (Å²) in [5, 5.41) is -0.117. The average Bonchev–Trinajstić information content (AvgIpc) is 2.95. The van der Waals surface area contributed by atoms with Crippen LogP contribution in [-0.2, 0) is 6.54 Å². The summed E-state index contributed by atoms with van der Waals surface area (Å²) in [7, 11) is 0. The van der Waals surface area contributed by atoms with Gasteiger partial charge in [0.15, 0.2) is 0 Å². The molecule has 0 saturated carbocycles. The van der Waals surface area contributed by atoms with Crippen molar-refractivity contribution in [2.45, 2.75) is 25.8 Å². The van der Waals surface area contributed by atoms with Gasteiger partial charge in [-0.1, -0.05) is 0 Å². The number of aromatic nitrogens is 3. The standard InChI is InChI=1S/C14H14ClN3S/c1-9-3-4-11(19-9)8-18-13-5-6-16-7-12(13)17-14(18)10(2)15/h3-7,10H,8H2,1-2H3. The molecule has 3 aromatic rings. The molecular weight excluding hydrogens is 278 g/mol. The third-order valence-electron chi connectivity index (χ3n) is 3.05. The van der Waals surface area contributed by atoms with E-state index in [1.54, 1.807) is 12.4 Å². The van der Waals surface area contributed by atoms with Gasteiger partial charge in [-0.3, -0.25) is 4.98 Å². The molecule has 0 aliphatic rings. The Balaban J connectivity index is 2.12. The van der Waals surface area contributed by atoms with Crippen LogP contribution < -0.4 is 0 Å². The van der Waals surface area contributed by atoms with Gasteiger partial charge in [0.25, 0.3) is 0 Å². The molecule has 0 amide bonds. The van der Waals surface area contributed by atoms with E-state index in [0.717, 1.165) is 23.4 Å². The van der Waals surface area contributed by atoms with E-state index < -0.39 is 0 Å². The molecule has 1 atom stereocenters. The first-order valence-corrected chi connectivity index (χ1v) is 7.40. The summed E-state index contributed by atoms with van der Waals surface area (Å²) in [6, 6.07) is 6.30. The highest BCUT2D eigenvalue weighted by molar-refractivity contribution is 7.11. The zero-order valence-electron chi connectivity index (χ0n) is 10.8. The Morgan fingerprint density at radius 2 is 2.21 bits per heavy atom. The summed E-state index contributed by atoms with van der Waals surface area (Å²) >= 11 is 8.06. The van der Waals surface area contributed by atoms with Gasteiger partial charge in [0.1, 0.15) is 11.3 Å². The van der Waals surface area contributed by atoms with Crippen LogP contribution in [0.2, 0.25) is 0 Å². The molecule has 0 aliphatic carbocycles. The van der Waals surface area contributed by atoms with Crippen LogP contribution in [0.3, 0.4) is 0 Å². The number of hydrogen-bond acceptors (Lipinski definition) is 3. The van der Waals surface area contributed by atoms with Crippen molar-refractivity contribution in [2.24, 2.45) is 0 Å². The lowest BCUT2D eigenvalue weighted by molar-refractivity contribution is 0.750. The van der Waals surface area contributed by atoms with Crippen molar-refractivity contribution < 1.29 is 0 Å². The van der Waals surface area contributed by atoms with Gasteiger partial charge in [-0.15, -0.1) is 22.9 Å². The molecule has 3 heterocycles. The van der Waals surface area contributed by atoms with Crippen LogP contribution in [0.5, 0.6) is 0 Å². The van der Waals surface area contributed by atoms with Crippen LogP contribution in [0, 0.1) is 6.92 Å². The number of rotatable bonds is 3. The van der Waals surface area contributed by atoms with E-state index in [0.29, 0.717) is 0 Å². The van der Waals surface area contributed by atoms with Gasteiger partial charge < -0.3 is 4.57 Å². The van der Waals surface area contributed by atoms with Gasteiger partial charge in [0.2, 0.25) is 0 Å². The molecule has 3 aromatic heterocycles. The largest absolute Gasteiger partial charge is 0.321 e. The molecule has 0 saturated heterocycles. The van der Waals surface area contributed by atoms with Crippen LogP contribution in [0.25, 0.3) is 11.0 Å². The van der Waals surface area contributed by atoms with Gasteiger partial charge in [-0.25, -0.2) is 4.98 Å². The Morgan fingerprint density at radius 3 is 2.89 bits per heavy atom. The second kappa shape index (κ2) is 4.94. The number of nitrogens with zero attached hydrogens (tertiary/aromatic N) is 3. The number of imidazole rings is 1. The Bertz CT molecular complexity index is 714. The molecule has 0 fully saturated rings. The molecule has 0 aromatic carbocycles. The Labute approximate surface area is 120 Å². The maximum atomic E-state index is 6.25. The molecule has 98 valence electrons. The van der Waals surface area contributed by atoms with Crippen LogP contribution in [0.15, 0.2) is 30.6 Å². The van der Waals surface area contributed by atoms with E-state index in [2.05, 4.69) is 33.6 Å². The number of pyridine rings is 1. The first kappa shape index (κ1) is 12.6. The van der Waals surface area contributed by atoms with Crippen molar-refractivity contribution >= 4 is 34.0 Å². The number of alkyl halides is 1. The third kappa shape index (κ3) is 2.38. The number of halogens is 1. The Kier molecular flexibility index (Phi) is 3.29. The van der Waals surface area contributed by atoms with Crippen LogP contribution in [0.1, 0.15) is 27.9 Å². The molecule has 3 nitrogen and oxygen atoms in total. The van der Waals surface area contributed by atoms with Gasteiger partial charge in [0, 0.05) is 16.0 Å². The lowest BCUT2D eigenvalue weighted by Gasteiger charge is -2.09. The smallest absolute Gasteiger partial charge is 0.128 e. The van der Waals surface area contributed by atoms with Crippen LogP contribution in [-0.4, -0.2) is 14.5 Å². The number of fused-ring (bicyclic) bond motifs is 1. The fourth-order valence-corrected chi connectivity index (χ4v) is 3.24. The van der Waals surface area contributed by atoms with Crippen molar-refractivity contribution in [2.75, 3.05) is 0 Å². The predicted molar refractivity (Wildman–Crippen MR) is 80.0 cm³/mol. The molecule has 3 rings (SSSR count). The normalized spacial score (nSPS) is 13.0. The molecule has 1 unspecified atom stereocenters. The van der Waals surface area contributed by atoms with E-state index in [-0.39, 0.29) is 5.38 Å². The SMILES string of the molecule is Cc1ccc(Cn2c(C(C)Cl)nc3cnccc32)s1. The first-order valence-electron chi connectivity index (χ1n) is 6.14. The molecule has 0 N–H and O–H groups in total. The van der Waals surface area contributed by atoms with Crippen molar-refractivity contribution in [3.8, 4) is 0 Å². The van der Waals surface area contributed by atoms with Crippen LogP contribution in [0.4, 0.5) is 0 Å². The monoisotopic (exact) mass is 291 g/mol. The highest BCUT2D eigenvalue weighted by Crippen LogP contribution is 2.26. The first-order chi connectivity index (χ1) is 9.15. The van der Waals surface area contributed by atoms with Crippen molar-refractivity contribution in [1.82, 2.24) is 14.5 Å². The highest BCUT2D eigenvalue weighted by atomic mass is 35.5. The predicted octanol–water partition coefficient (Wildman–Crippen LogP) is 4.15. The minimum absolute atomic E-state index is 0.117. The highest BCUT2D eigenvalue weighted by Gasteiger charge is 2.15. The number of aryl methyl sites for hydroxylation is 1. The molecular formula is C14H14ClN3S. The van der Waals surface area contributed by atoms with E-state index in [1.165, 1.54) is 9.75 Å². The molecule has 0 aliphatic heterocycles.